The summed E-state index contributed by atoms with van der Waals surface area (Å²) in [5, 5.41) is 7.14. The predicted octanol–water partition coefficient (Wildman–Crippen LogP) is 3.89. The van der Waals surface area contributed by atoms with E-state index in [-0.39, 0.29) is 18.3 Å². The Kier molecular flexibility index (Phi) is 5.23. The summed E-state index contributed by atoms with van der Waals surface area (Å²) in [6.45, 7) is 3.87. The van der Waals surface area contributed by atoms with Crippen LogP contribution in [0.15, 0.2) is 48.5 Å². The summed E-state index contributed by atoms with van der Waals surface area (Å²) in [7, 11) is 0. The molecule has 6 heteroatoms. The number of benzene rings is 2. The third kappa shape index (κ3) is 4.15. The van der Waals surface area contributed by atoms with Crippen LogP contribution in [-0.2, 0) is 0 Å². The highest BCUT2D eigenvalue weighted by atomic mass is 19.1. The van der Waals surface area contributed by atoms with Gasteiger partial charge in [0.2, 0.25) is 0 Å². The number of rotatable bonds is 5. The molecule has 1 N–H and O–H groups in total. The smallest absolute Gasteiger partial charge is 0.255 e. The molecule has 3 aromatic rings. The summed E-state index contributed by atoms with van der Waals surface area (Å²) < 4.78 is 20.5. The second kappa shape index (κ2) is 7.75. The summed E-state index contributed by atoms with van der Waals surface area (Å²) in [6, 6.07) is 12.9. The zero-order chi connectivity index (χ0) is 19.4. The van der Waals surface area contributed by atoms with Crippen LogP contribution < -0.4 is 10.1 Å². The first-order chi connectivity index (χ1) is 13.0. The molecule has 1 heterocycles. The van der Waals surface area contributed by atoms with Crippen molar-refractivity contribution >= 4 is 11.6 Å². The van der Waals surface area contributed by atoms with Gasteiger partial charge < -0.3 is 10.1 Å². The quantitative estimate of drug-likeness (QED) is 0.700. The number of aromatic nitrogens is 2. The van der Waals surface area contributed by atoms with Crippen molar-refractivity contribution in [1.82, 2.24) is 9.78 Å². The molecule has 0 aliphatic heterocycles. The molecule has 0 unspecified atom stereocenters. The first-order valence-electron chi connectivity index (χ1n) is 8.29. The molecule has 0 atom stereocenters. The van der Waals surface area contributed by atoms with Crippen LogP contribution in [0.5, 0.6) is 5.75 Å². The fourth-order valence-electron chi connectivity index (χ4n) is 2.68. The second-order valence-corrected chi connectivity index (χ2v) is 5.97. The average Bonchev–Trinajstić information content (AvgIpc) is 3.00. The zero-order valence-corrected chi connectivity index (χ0v) is 15.0. The van der Waals surface area contributed by atoms with E-state index < -0.39 is 5.82 Å². The first-order valence-corrected chi connectivity index (χ1v) is 8.29. The largest absolute Gasteiger partial charge is 0.479 e. The number of terminal acetylenes is 1. The minimum Gasteiger partial charge on any atom is -0.479 e. The molecular weight excluding hydrogens is 345 g/mol. The number of hydrogen-bond donors (Lipinski definition) is 1. The maximum atomic E-state index is 13.4. The molecule has 0 saturated carbocycles. The van der Waals surface area contributed by atoms with Gasteiger partial charge in [0.1, 0.15) is 18.2 Å². The van der Waals surface area contributed by atoms with Crippen molar-refractivity contribution < 1.29 is 13.9 Å². The van der Waals surface area contributed by atoms with Gasteiger partial charge in [-0.05, 0) is 56.3 Å². The third-order valence-electron chi connectivity index (χ3n) is 3.89. The first kappa shape index (κ1) is 18.2. The van der Waals surface area contributed by atoms with Gasteiger partial charge in [-0.3, -0.25) is 4.79 Å². The van der Waals surface area contributed by atoms with Crippen LogP contribution in [0.4, 0.5) is 10.1 Å². The van der Waals surface area contributed by atoms with Crippen LogP contribution in [0.25, 0.3) is 5.69 Å². The van der Waals surface area contributed by atoms with Crippen LogP contribution in [0.2, 0.25) is 0 Å². The molecule has 0 fully saturated rings. The van der Waals surface area contributed by atoms with E-state index >= 15 is 0 Å². The summed E-state index contributed by atoms with van der Waals surface area (Å²) in [5.74, 6) is 1.67. The molecule has 0 saturated heterocycles. The van der Waals surface area contributed by atoms with Crippen molar-refractivity contribution in [3.05, 3.63) is 71.3 Å². The van der Waals surface area contributed by atoms with Crippen LogP contribution in [-0.4, -0.2) is 22.3 Å². The summed E-state index contributed by atoms with van der Waals surface area (Å²) in [5.41, 5.74) is 3.58. The molecule has 5 nitrogen and oxygen atoms in total. The number of anilines is 1. The monoisotopic (exact) mass is 363 g/mol. The standard InChI is InChI=1S/C21H18FN3O2/c1-4-11-27-20-13-17(22)7-10-19(20)23-21(26)16-5-8-18(9-6-16)25-15(3)12-14(2)24-25/h1,5-10,12-13H,11H2,2-3H3,(H,23,26). The van der Waals surface area contributed by atoms with Gasteiger partial charge in [0, 0.05) is 17.3 Å². The molecule has 3 rings (SSSR count). The van der Waals surface area contributed by atoms with Crippen molar-refractivity contribution in [2.75, 3.05) is 11.9 Å². The number of carbonyl (C=O) groups excluding carboxylic acids is 1. The molecule has 0 aliphatic rings. The molecule has 0 radical (unpaired) electrons. The van der Waals surface area contributed by atoms with Gasteiger partial charge in [-0.15, -0.1) is 6.42 Å². The van der Waals surface area contributed by atoms with Crippen LogP contribution in [0.1, 0.15) is 21.7 Å². The fraction of sp³-hybridized carbons (Fsp3) is 0.143. The highest BCUT2D eigenvalue weighted by Crippen LogP contribution is 2.26. The topological polar surface area (TPSA) is 56.1 Å². The normalized spacial score (nSPS) is 10.3. The zero-order valence-electron chi connectivity index (χ0n) is 15.0. The van der Waals surface area contributed by atoms with Crippen LogP contribution >= 0.6 is 0 Å². The number of aryl methyl sites for hydroxylation is 2. The minimum absolute atomic E-state index is 0.0241. The number of amides is 1. The Labute approximate surface area is 156 Å². The van der Waals surface area contributed by atoms with E-state index in [9.17, 15) is 9.18 Å². The Morgan fingerprint density at radius 1 is 1.22 bits per heavy atom. The lowest BCUT2D eigenvalue weighted by molar-refractivity contribution is 0.102. The molecule has 0 aliphatic carbocycles. The van der Waals surface area contributed by atoms with Gasteiger partial charge in [-0.2, -0.15) is 5.10 Å². The number of carbonyl (C=O) groups is 1. The number of hydrogen-bond acceptors (Lipinski definition) is 3. The molecule has 1 aromatic heterocycles. The number of halogens is 1. The van der Waals surface area contributed by atoms with Gasteiger partial charge in [0.25, 0.3) is 5.91 Å². The Bertz CT molecular complexity index is 1020. The van der Waals surface area contributed by atoms with Crippen LogP contribution in [0, 0.1) is 32.0 Å². The highest BCUT2D eigenvalue weighted by Gasteiger charge is 2.12. The maximum Gasteiger partial charge on any atom is 0.255 e. The lowest BCUT2D eigenvalue weighted by atomic mass is 10.2. The summed E-state index contributed by atoms with van der Waals surface area (Å²) >= 11 is 0. The summed E-state index contributed by atoms with van der Waals surface area (Å²) in [6.07, 6.45) is 5.17. The van der Waals surface area contributed by atoms with Crippen molar-refractivity contribution in [2.24, 2.45) is 0 Å². The Morgan fingerprint density at radius 2 is 1.96 bits per heavy atom. The molecular formula is C21H18FN3O2. The van der Waals surface area contributed by atoms with Crippen molar-refractivity contribution in [2.45, 2.75) is 13.8 Å². The van der Waals surface area contributed by atoms with Crippen molar-refractivity contribution in [3.8, 4) is 23.8 Å². The predicted molar refractivity (Wildman–Crippen MR) is 102 cm³/mol. The van der Waals surface area contributed by atoms with Crippen molar-refractivity contribution in [1.29, 1.82) is 0 Å². The van der Waals surface area contributed by atoms with Crippen LogP contribution in [0.3, 0.4) is 0 Å². The van der Waals surface area contributed by atoms with E-state index in [4.69, 9.17) is 11.2 Å². The number of nitrogens with zero attached hydrogens (tertiary/aromatic N) is 2. The van der Waals surface area contributed by atoms with E-state index in [1.54, 1.807) is 12.1 Å². The lowest BCUT2D eigenvalue weighted by Gasteiger charge is -2.12. The van der Waals surface area contributed by atoms with E-state index in [2.05, 4.69) is 16.3 Å². The van der Waals surface area contributed by atoms with E-state index in [1.807, 2.05) is 36.7 Å². The number of ether oxygens (including phenoxy) is 1. The molecule has 27 heavy (non-hydrogen) atoms. The lowest BCUT2D eigenvalue weighted by Crippen LogP contribution is -2.13. The summed E-state index contributed by atoms with van der Waals surface area (Å²) in [4.78, 5) is 12.5. The van der Waals surface area contributed by atoms with E-state index in [0.717, 1.165) is 17.1 Å². The Morgan fingerprint density at radius 3 is 2.59 bits per heavy atom. The van der Waals surface area contributed by atoms with Gasteiger partial charge in [-0.1, -0.05) is 5.92 Å². The molecule has 1 amide bonds. The maximum absolute atomic E-state index is 13.4. The molecule has 0 bridgehead atoms. The fourth-order valence-corrected chi connectivity index (χ4v) is 2.68. The van der Waals surface area contributed by atoms with Gasteiger partial charge in [-0.25, -0.2) is 9.07 Å². The molecule has 2 aromatic carbocycles. The van der Waals surface area contributed by atoms with E-state index in [1.165, 1.54) is 18.2 Å². The van der Waals surface area contributed by atoms with Gasteiger partial charge >= 0.3 is 0 Å². The second-order valence-electron chi connectivity index (χ2n) is 5.97. The number of nitrogens with one attached hydrogen (secondary N) is 1. The minimum atomic E-state index is -0.478. The van der Waals surface area contributed by atoms with Crippen molar-refractivity contribution in [3.63, 3.8) is 0 Å². The van der Waals surface area contributed by atoms with Gasteiger partial charge in [0.15, 0.2) is 0 Å². The Balaban J connectivity index is 1.79. The highest BCUT2D eigenvalue weighted by molar-refractivity contribution is 6.05. The SMILES string of the molecule is C#CCOc1cc(F)ccc1NC(=O)c1ccc(-n2nc(C)cc2C)cc1. The third-order valence-corrected chi connectivity index (χ3v) is 3.89. The van der Waals surface area contributed by atoms with E-state index in [0.29, 0.717) is 11.3 Å². The average molecular weight is 363 g/mol. The molecule has 0 spiro atoms. The van der Waals surface area contributed by atoms with Gasteiger partial charge in [0.05, 0.1) is 17.1 Å². The molecule has 136 valence electrons. The Hall–Kier alpha value is -3.59.